The Morgan fingerprint density at radius 1 is 1.43 bits per heavy atom. The van der Waals surface area contributed by atoms with Crippen molar-refractivity contribution in [1.82, 2.24) is 9.88 Å². The number of hydrogen-bond acceptors (Lipinski definition) is 3. The van der Waals surface area contributed by atoms with Crippen molar-refractivity contribution >= 4 is 23.3 Å². The van der Waals surface area contributed by atoms with Crippen LogP contribution in [0.15, 0.2) is 12.1 Å². The summed E-state index contributed by atoms with van der Waals surface area (Å²) in [5, 5.41) is 3.54. The van der Waals surface area contributed by atoms with Crippen LogP contribution in [0.2, 0.25) is 5.15 Å². The lowest BCUT2D eigenvalue weighted by molar-refractivity contribution is 0.0627. The van der Waals surface area contributed by atoms with Crippen LogP contribution in [0.4, 0.5) is 5.82 Å². The van der Waals surface area contributed by atoms with Gasteiger partial charge in [-0.2, -0.15) is 0 Å². The molecule has 1 saturated heterocycles. The highest BCUT2D eigenvalue weighted by molar-refractivity contribution is 6.29. The molecule has 1 amide bonds. The lowest BCUT2D eigenvalue weighted by Gasteiger charge is -2.35. The Hall–Kier alpha value is -1.29. The summed E-state index contributed by atoms with van der Waals surface area (Å²) >= 11 is 6.04. The van der Waals surface area contributed by atoms with Gasteiger partial charge in [-0.05, 0) is 36.8 Å². The van der Waals surface area contributed by atoms with Crippen LogP contribution in [0.5, 0.6) is 0 Å². The minimum Gasteiger partial charge on any atom is -0.370 e. The standard InChI is InChI=1S/C16H24ClN3O/c1-4-6-18-15-9-13(8-14(17)19-15)16(21)20-7-5-11(2)12(3)10-20/h8-9,11-12H,4-7,10H2,1-3H3,(H,18,19). The molecule has 1 aliphatic rings. The second kappa shape index (κ2) is 7.12. The molecule has 0 radical (unpaired) electrons. The lowest BCUT2D eigenvalue weighted by atomic mass is 9.88. The minimum atomic E-state index is 0.0533. The molecule has 4 nitrogen and oxygen atoms in total. The summed E-state index contributed by atoms with van der Waals surface area (Å²) in [7, 11) is 0. The molecule has 0 aliphatic carbocycles. The van der Waals surface area contributed by atoms with Crippen molar-refractivity contribution < 1.29 is 4.79 Å². The first-order valence-corrected chi connectivity index (χ1v) is 8.09. The predicted molar refractivity (Wildman–Crippen MR) is 86.9 cm³/mol. The van der Waals surface area contributed by atoms with Crippen molar-refractivity contribution in [3.8, 4) is 0 Å². The molecule has 2 rings (SSSR count). The molecule has 0 aromatic carbocycles. The van der Waals surface area contributed by atoms with Gasteiger partial charge in [0.25, 0.3) is 5.91 Å². The van der Waals surface area contributed by atoms with Gasteiger partial charge in [0.15, 0.2) is 0 Å². The molecule has 0 bridgehead atoms. The van der Waals surface area contributed by atoms with E-state index >= 15 is 0 Å². The van der Waals surface area contributed by atoms with Crippen molar-refractivity contribution in [2.45, 2.75) is 33.6 Å². The maximum atomic E-state index is 12.6. The molecule has 1 N–H and O–H groups in total. The topological polar surface area (TPSA) is 45.2 Å². The van der Waals surface area contributed by atoms with E-state index in [0.29, 0.717) is 28.4 Å². The van der Waals surface area contributed by atoms with Gasteiger partial charge in [-0.1, -0.05) is 32.4 Å². The summed E-state index contributed by atoms with van der Waals surface area (Å²) < 4.78 is 0. The van der Waals surface area contributed by atoms with Gasteiger partial charge in [-0.15, -0.1) is 0 Å². The van der Waals surface area contributed by atoms with Crippen LogP contribution in [-0.2, 0) is 0 Å². The highest BCUT2D eigenvalue weighted by Crippen LogP contribution is 2.24. The first-order chi connectivity index (χ1) is 10.0. The SMILES string of the molecule is CCCNc1cc(C(=O)N2CCC(C)C(C)C2)cc(Cl)n1. The minimum absolute atomic E-state index is 0.0533. The molecule has 0 saturated carbocycles. The number of rotatable bonds is 4. The van der Waals surface area contributed by atoms with Crippen molar-refractivity contribution in [3.63, 3.8) is 0 Å². The van der Waals surface area contributed by atoms with Gasteiger partial charge in [0, 0.05) is 25.2 Å². The van der Waals surface area contributed by atoms with Crippen LogP contribution >= 0.6 is 11.6 Å². The fraction of sp³-hybridized carbons (Fsp3) is 0.625. The number of amides is 1. The molecule has 116 valence electrons. The maximum absolute atomic E-state index is 12.6. The summed E-state index contributed by atoms with van der Waals surface area (Å²) in [6.07, 6.45) is 2.06. The van der Waals surface area contributed by atoms with Gasteiger partial charge in [0.2, 0.25) is 0 Å². The smallest absolute Gasteiger partial charge is 0.254 e. The molecular formula is C16H24ClN3O. The zero-order valence-electron chi connectivity index (χ0n) is 13.0. The Morgan fingerprint density at radius 2 is 2.19 bits per heavy atom. The molecule has 2 unspecified atom stereocenters. The van der Waals surface area contributed by atoms with Crippen LogP contribution < -0.4 is 5.32 Å². The van der Waals surface area contributed by atoms with E-state index in [9.17, 15) is 4.79 Å². The Morgan fingerprint density at radius 3 is 2.86 bits per heavy atom. The summed E-state index contributed by atoms with van der Waals surface area (Å²) in [5.41, 5.74) is 0.621. The summed E-state index contributed by atoms with van der Waals surface area (Å²) in [4.78, 5) is 18.8. The monoisotopic (exact) mass is 309 g/mol. The second-order valence-electron chi connectivity index (χ2n) is 5.98. The van der Waals surface area contributed by atoms with Gasteiger partial charge >= 0.3 is 0 Å². The first-order valence-electron chi connectivity index (χ1n) is 7.72. The molecule has 2 atom stereocenters. The van der Waals surface area contributed by atoms with Crippen molar-refractivity contribution in [2.24, 2.45) is 11.8 Å². The number of likely N-dealkylation sites (tertiary alicyclic amines) is 1. The van der Waals surface area contributed by atoms with E-state index in [-0.39, 0.29) is 5.91 Å². The molecule has 2 heterocycles. The summed E-state index contributed by atoms with van der Waals surface area (Å²) in [6.45, 7) is 9.00. The molecule has 5 heteroatoms. The molecule has 21 heavy (non-hydrogen) atoms. The van der Waals surface area contributed by atoms with E-state index in [4.69, 9.17) is 11.6 Å². The van der Waals surface area contributed by atoms with Crippen LogP contribution in [-0.4, -0.2) is 35.4 Å². The number of piperidine rings is 1. The Bertz CT molecular complexity index is 506. The zero-order chi connectivity index (χ0) is 15.4. The number of hydrogen-bond donors (Lipinski definition) is 1. The number of anilines is 1. The highest BCUT2D eigenvalue weighted by atomic mass is 35.5. The first kappa shape index (κ1) is 16.1. The van der Waals surface area contributed by atoms with Crippen molar-refractivity contribution in [2.75, 3.05) is 25.0 Å². The third kappa shape index (κ3) is 4.10. The molecule has 1 fully saturated rings. The number of halogens is 1. The van der Waals surface area contributed by atoms with E-state index in [1.165, 1.54) is 0 Å². The normalized spacial score (nSPS) is 22.2. The van der Waals surface area contributed by atoms with Crippen LogP contribution in [0.3, 0.4) is 0 Å². The van der Waals surface area contributed by atoms with E-state index < -0.39 is 0 Å². The molecular weight excluding hydrogens is 286 g/mol. The molecule has 1 aromatic rings. The molecule has 1 aromatic heterocycles. The number of pyridine rings is 1. The Labute approximate surface area is 131 Å². The van der Waals surface area contributed by atoms with Crippen LogP contribution in [0.1, 0.15) is 44.0 Å². The van der Waals surface area contributed by atoms with E-state index in [0.717, 1.165) is 32.5 Å². The number of carbonyl (C=O) groups is 1. The maximum Gasteiger partial charge on any atom is 0.254 e. The van der Waals surface area contributed by atoms with Gasteiger partial charge in [-0.25, -0.2) is 4.98 Å². The fourth-order valence-electron chi connectivity index (χ4n) is 2.59. The van der Waals surface area contributed by atoms with E-state index in [1.54, 1.807) is 12.1 Å². The third-order valence-corrected chi connectivity index (χ3v) is 4.41. The third-order valence-electron chi connectivity index (χ3n) is 4.22. The van der Waals surface area contributed by atoms with Crippen LogP contribution in [0.25, 0.3) is 0 Å². The van der Waals surface area contributed by atoms with Gasteiger partial charge in [0.1, 0.15) is 11.0 Å². The summed E-state index contributed by atoms with van der Waals surface area (Å²) in [6, 6.07) is 3.45. The Balaban J connectivity index is 2.13. The Kier molecular flexibility index (Phi) is 5.45. The van der Waals surface area contributed by atoms with E-state index in [2.05, 4.69) is 31.1 Å². The lowest BCUT2D eigenvalue weighted by Crippen LogP contribution is -2.42. The van der Waals surface area contributed by atoms with Gasteiger partial charge < -0.3 is 10.2 Å². The predicted octanol–water partition coefficient (Wildman–Crippen LogP) is 3.68. The van der Waals surface area contributed by atoms with Crippen molar-refractivity contribution in [3.05, 3.63) is 22.8 Å². The highest BCUT2D eigenvalue weighted by Gasteiger charge is 2.26. The number of nitrogens with one attached hydrogen (secondary N) is 1. The molecule has 0 spiro atoms. The molecule has 1 aliphatic heterocycles. The van der Waals surface area contributed by atoms with Gasteiger partial charge in [-0.3, -0.25) is 4.79 Å². The number of carbonyl (C=O) groups excluding carboxylic acids is 1. The van der Waals surface area contributed by atoms with Crippen molar-refractivity contribution in [1.29, 1.82) is 0 Å². The number of aromatic nitrogens is 1. The average Bonchev–Trinajstić information content (AvgIpc) is 2.46. The number of nitrogens with zero attached hydrogens (tertiary/aromatic N) is 2. The fourth-order valence-corrected chi connectivity index (χ4v) is 2.80. The van der Waals surface area contributed by atoms with E-state index in [1.807, 2.05) is 4.90 Å². The van der Waals surface area contributed by atoms with Gasteiger partial charge in [0.05, 0.1) is 0 Å². The summed E-state index contributed by atoms with van der Waals surface area (Å²) in [5.74, 6) is 1.94. The van der Waals surface area contributed by atoms with Crippen LogP contribution in [0, 0.1) is 11.8 Å². The quantitative estimate of drug-likeness (QED) is 0.863. The largest absolute Gasteiger partial charge is 0.370 e. The average molecular weight is 310 g/mol. The second-order valence-corrected chi connectivity index (χ2v) is 6.37. The zero-order valence-corrected chi connectivity index (χ0v) is 13.8.